The van der Waals surface area contributed by atoms with Gasteiger partial charge in [-0.25, -0.2) is 8.78 Å². The van der Waals surface area contributed by atoms with Crippen LogP contribution in [-0.2, 0) is 4.79 Å². The highest BCUT2D eigenvalue weighted by molar-refractivity contribution is 5.95. The first kappa shape index (κ1) is 11.6. The van der Waals surface area contributed by atoms with Crippen molar-refractivity contribution in [2.24, 2.45) is 0 Å². The molecule has 0 heterocycles. The highest BCUT2D eigenvalue weighted by atomic mass is 19.1. The number of amides is 1. The smallest absolute Gasteiger partial charge is 0.255 e. The molecule has 0 radical (unpaired) electrons. The zero-order valence-corrected chi connectivity index (χ0v) is 8.37. The van der Waals surface area contributed by atoms with Crippen LogP contribution in [-0.4, -0.2) is 24.2 Å². The first-order chi connectivity index (χ1) is 6.93. The summed E-state index contributed by atoms with van der Waals surface area (Å²) >= 11 is 0. The Hall–Kier alpha value is -1.49. The minimum absolute atomic E-state index is 0.0673. The van der Waals surface area contributed by atoms with Gasteiger partial charge in [0.05, 0.1) is 5.69 Å². The van der Waals surface area contributed by atoms with Crippen molar-refractivity contribution in [3.8, 4) is 0 Å². The molecule has 0 aliphatic carbocycles. The number of halogens is 2. The summed E-state index contributed by atoms with van der Waals surface area (Å²) in [6, 6.07) is 2.87. The van der Waals surface area contributed by atoms with Gasteiger partial charge in [0.25, 0.3) is 5.91 Å². The third kappa shape index (κ3) is 2.50. The molecule has 1 aromatic rings. The molecule has 15 heavy (non-hydrogen) atoms. The van der Waals surface area contributed by atoms with Gasteiger partial charge < -0.3 is 10.0 Å². The molecule has 0 saturated heterocycles. The van der Waals surface area contributed by atoms with E-state index in [-0.39, 0.29) is 5.69 Å². The second-order valence-electron chi connectivity index (χ2n) is 3.17. The van der Waals surface area contributed by atoms with Gasteiger partial charge in [0, 0.05) is 13.1 Å². The van der Waals surface area contributed by atoms with Crippen LogP contribution in [0.25, 0.3) is 0 Å². The molecule has 1 aromatic carbocycles. The summed E-state index contributed by atoms with van der Waals surface area (Å²) in [6.45, 7) is 1.28. The highest BCUT2D eigenvalue weighted by Gasteiger charge is 2.18. The molecule has 0 bridgehead atoms. The second kappa shape index (κ2) is 4.35. The van der Waals surface area contributed by atoms with Crippen molar-refractivity contribution in [2.75, 3.05) is 11.9 Å². The first-order valence-corrected chi connectivity index (χ1v) is 4.34. The van der Waals surface area contributed by atoms with Crippen LogP contribution in [0.5, 0.6) is 0 Å². The number of likely N-dealkylation sites (N-methyl/N-ethyl adjacent to an activating group) is 1. The number of anilines is 1. The number of carbonyl (C=O) groups excluding carboxylic acids is 1. The van der Waals surface area contributed by atoms with Gasteiger partial charge in [-0.1, -0.05) is 0 Å². The van der Waals surface area contributed by atoms with Crippen molar-refractivity contribution < 1.29 is 18.7 Å². The van der Waals surface area contributed by atoms with Gasteiger partial charge in [0.15, 0.2) is 0 Å². The molecule has 82 valence electrons. The van der Waals surface area contributed by atoms with E-state index in [0.717, 1.165) is 17.0 Å². The number of nitrogens with zero attached hydrogens (tertiary/aromatic N) is 1. The lowest BCUT2D eigenvalue weighted by Crippen LogP contribution is -2.35. The maximum absolute atomic E-state index is 13.2. The number of hydrogen-bond donors (Lipinski definition) is 1. The number of benzene rings is 1. The summed E-state index contributed by atoms with van der Waals surface area (Å²) < 4.78 is 25.8. The molecule has 0 fully saturated rings. The Labute approximate surface area is 85.9 Å². The van der Waals surface area contributed by atoms with Gasteiger partial charge in [0.2, 0.25) is 0 Å². The summed E-state index contributed by atoms with van der Waals surface area (Å²) in [5.74, 6) is -2.21. The zero-order chi connectivity index (χ0) is 11.6. The minimum Gasteiger partial charge on any atom is -0.384 e. The van der Waals surface area contributed by atoms with Gasteiger partial charge in [0.1, 0.15) is 17.7 Å². The Balaban J connectivity index is 3.01. The van der Waals surface area contributed by atoms with Crippen molar-refractivity contribution >= 4 is 11.6 Å². The molecule has 0 aromatic heterocycles. The molecule has 0 aliphatic heterocycles. The maximum Gasteiger partial charge on any atom is 0.255 e. The third-order valence-corrected chi connectivity index (χ3v) is 1.96. The van der Waals surface area contributed by atoms with Crippen molar-refractivity contribution in [1.29, 1.82) is 0 Å². The van der Waals surface area contributed by atoms with E-state index in [4.69, 9.17) is 5.11 Å². The highest BCUT2D eigenvalue weighted by Crippen LogP contribution is 2.19. The topological polar surface area (TPSA) is 40.5 Å². The molecule has 1 N–H and O–H groups in total. The molecule has 0 saturated carbocycles. The van der Waals surface area contributed by atoms with E-state index in [9.17, 15) is 13.6 Å². The molecule has 1 rings (SSSR count). The normalized spacial score (nSPS) is 12.3. The maximum atomic E-state index is 13.2. The fourth-order valence-corrected chi connectivity index (χ4v) is 1.15. The van der Waals surface area contributed by atoms with Crippen molar-refractivity contribution in [3.05, 3.63) is 29.8 Å². The van der Waals surface area contributed by atoms with Crippen LogP contribution in [0.15, 0.2) is 18.2 Å². The molecular formula is C10H11F2NO2. The summed E-state index contributed by atoms with van der Waals surface area (Å²) in [7, 11) is 1.31. The average molecular weight is 215 g/mol. The van der Waals surface area contributed by atoms with Gasteiger partial charge in [-0.05, 0) is 19.1 Å². The molecule has 5 heteroatoms. The number of hydrogen-bond acceptors (Lipinski definition) is 2. The Morgan fingerprint density at radius 2 is 2.07 bits per heavy atom. The molecule has 0 aliphatic rings. The monoisotopic (exact) mass is 215 g/mol. The average Bonchev–Trinajstić information content (AvgIpc) is 2.15. The Morgan fingerprint density at radius 1 is 1.47 bits per heavy atom. The summed E-state index contributed by atoms with van der Waals surface area (Å²) in [6.07, 6.45) is -1.22. The van der Waals surface area contributed by atoms with E-state index in [1.807, 2.05) is 0 Å². The predicted molar refractivity (Wildman–Crippen MR) is 51.4 cm³/mol. The zero-order valence-electron chi connectivity index (χ0n) is 8.37. The van der Waals surface area contributed by atoms with Crippen molar-refractivity contribution in [3.63, 3.8) is 0 Å². The van der Waals surface area contributed by atoms with E-state index in [1.54, 1.807) is 0 Å². The van der Waals surface area contributed by atoms with E-state index >= 15 is 0 Å². The molecular weight excluding hydrogens is 204 g/mol. The number of aliphatic hydroxyl groups is 1. The van der Waals surface area contributed by atoms with Crippen molar-refractivity contribution in [2.45, 2.75) is 13.0 Å². The summed E-state index contributed by atoms with van der Waals surface area (Å²) in [4.78, 5) is 12.2. The van der Waals surface area contributed by atoms with Gasteiger partial charge in [-0.15, -0.1) is 0 Å². The Bertz CT molecular complexity index is 380. The van der Waals surface area contributed by atoms with Crippen LogP contribution in [0.1, 0.15) is 6.92 Å². The second-order valence-corrected chi connectivity index (χ2v) is 3.17. The molecule has 1 amide bonds. The van der Waals surface area contributed by atoms with Crippen LogP contribution >= 0.6 is 0 Å². The number of carbonyl (C=O) groups is 1. The van der Waals surface area contributed by atoms with Crippen LogP contribution in [0, 0.1) is 11.6 Å². The predicted octanol–water partition coefficient (Wildman–Crippen LogP) is 1.31. The van der Waals surface area contributed by atoms with Gasteiger partial charge in [-0.3, -0.25) is 4.79 Å². The van der Waals surface area contributed by atoms with Gasteiger partial charge in [-0.2, -0.15) is 0 Å². The van der Waals surface area contributed by atoms with Crippen LogP contribution in [0.4, 0.5) is 14.5 Å². The molecule has 3 nitrogen and oxygen atoms in total. The SMILES string of the molecule is CC(O)C(=O)N(C)c1ccc(F)cc1F. The summed E-state index contributed by atoms with van der Waals surface area (Å²) in [5.41, 5.74) is -0.0673. The molecule has 0 spiro atoms. The van der Waals surface area contributed by atoms with E-state index in [2.05, 4.69) is 0 Å². The lowest BCUT2D eigenvalue weighted by Gasteiger charge is -2.19. The van der Waals surface area contributed by atoms with Crippen molar-refractivity contribution in [1.82, 2.24) is 0 Å². The van der Waals surface area contributed by atoms with Crippen LogP contribution in [0.3, 0.4) is 0 Å². The minimum atomic E-state index is -1.22. The molecule has 1 atom stereocenters. The fraction of sp³-hybridized carbons (Fsp3) is 0.300. The number of aliphatic hydroxyl groups excluding tert-OH is 1. The lowest BCUT2D eigenvalue weighted by atomic mass is 10.2. The quantitative estimate of drug-likeness (QED) is 0.808. The first-order valence-electron chi connectivity index (χ1n) is 4.34. The van der Waals surface area contributed by atoms with E-state index in [1.165, 1.54) is 14.0 Å². The number of rotatable bonds is 2. The summed E-state index contributed by atoms with van der Waals surface area (Å²) in [5, 5.41) is 9.01. The molecule has 1 unspecified atom stereocenters. The van der Waals surface area contributed by atoms with Crippen LogP contribution in [0.2, 0.25) is 0 Å². The fourth-order valence-electron chi connectivity index (χ4n) is 1.15. The standard InChI is InChI=1S/C10H11F2NO2/c1-6(14)10(15)13(2)9-4-3-7(11)5-8(9)12/h3-6,14H,1-2H3. The van der Waals surface area contributed by atoms with E-state index < -0.39 is 23.6 Å². The third-order valence-electron chi connectivity index (χ3n) is 1.96. The largest absolute Gasteiger partial charge is 0.384 e. The van der Waals surface area contributed by atoms with Crippen LogP contribution < -0.4 is 4.90 Å². The Kier molecular flexibility index (Phi) is 3.36. The Morgan fingerprint density at radius 3 is 2.53 bits per heavy atom. The van der Waals surface area contributed by atoms with E-state index in [0.29, 0.717) is 6.07 Å². The van der Waals surface area contributed by atoms with Gasteiger partial charge >= 0.3 is 0 Å². The lowest BCUT2D eigenvalue weighted by molar-refractivity contribution is -0.125.